The van der Waals surface area contributed by atoms with Gasteiger partial charge in [0.1, 0.15) is 5.82 Å². The Morgan fingerprint density at radius 1 is 0.935 bits per heavy atom. The van der Waals surface area contributed by atoms with Crippen LogP contribution in [0.1, 0.15) is 31.8 Å². The number of nitrogens with two attached hydrogens (primary N) is 1. The summed E-state index contributed by atoms with van der Waals surface area (Å²) in [5.74, 6) is -1.58. The molecule has 1 aromatic heterocycles. The van der Waals surface area contributed by atoms with E-state index in [0.717, 1.165) is 21.8 Å². The molecule has 0 spiro atoms. The van der Waals surface area contributed by atoms with Gasteiger partial charge in [0.25, 0.3) is 27.4 Å². The molecule has 3 aromatic rings. The van der Waals surface area contributed by atoms with E-state index in [0.29, 0.717) is 5.69 Å². The average molecular weight is 438 g/mol. The number of carbonyl (C=O) groups is 2. The highest BCUT2D eigenvalue weighted by Crippen LogP contribution is 2.25. The van der Waals surface area contributed by atoms with E-state index in [-0.39, 0.29) is 27.5 Å². The van der Waals surface area contributed by atoms with E-state index in [4.69, 9.17) is 5.73 Å². The second kappa shape index (κ2) is 7.10. The Morgan fingerprint density at radius 2 is 1.61 bits per heavy atom. The summed E-state index contributed by atoms with van der Waals surface area (Å²) in [6, 6.07) is 11.8. The van der Waals surface area contributed by atoms with Gasteiger partial charge >= 0.3 is 0 Å². The van der Waals surface area contributed by atoms with E-state index in [1.54, 1.807) is 19.1 Å². The van der Waals surface area contributed by atoms with Crippen LogP contribution in [0, 0.1) is 13.8 Å². The number of sulfonamides is 1. The van der Waals surface area contributed by atoms with Crippen LogP contribution < -0.4 is 21.3 Å². The minimum Gasteiger partial charge on any atom is -0.384 e. The maximum atomic E-state index is 12.8. The van der Waals surface area contributed by atoms with E-state index < -0.39 is 27.4 Å². The van der Waals surface area contributed by atoms with Crippen molar-refractivity contribution in [3.63, 3.8) is 0 Å². The van der Waals surface area contributed by atoms with Crippen molar-refractivity contribution in [3.05, 3.63) is 81.1 Å². The van der Waals surface area contributed by atoms with Crippen LogP contribution in [0.5, 0.6) is 0 Å². The van der Waals surface area contributed by atoms with Crippen molar-refractivity contribution in [2.75, 3.05) is 10.5 Å². The average Bonchev–Trinajstić information content (AvgIpc) is 2.98. The number of aromatic nitrogens is 1. The molecule has 0 radical (unpaired) electrons. The van der Waals surface area contributed by atoms with Gasteiger partial charge in [0.2, 0.25) is 0 Å². The van der Waals surface area contributed by atoms with E-state index >= 15 is 0 Å². The number of pyridine rings is 1. The molecule has 0 fully saturated rings. The van der Waals surface area contributed by atoms with Crippen molar-refractivity contribution < 1.29 is 18.0 Å². The second-order valence-corrected chi connectivity index (χ2v) is 8.88. The molecule has 0 saturated heterocycles. The largest absolute Gasteiger partial charge is 0.384 e. The number of nitrogens with one attached hydrogen (secondary N) is 2. The van der Waals surface area contributed by atoms with Crippen molar-refractivity contribution in [2.24, 2.45) is 0 Å². The molecule has 0 aliphatic carbocycles. The molecule has 1 aliphatic heterocycles. The second-order valence-electron chi connectivity index (χ2n) is 7.19. The fourth-order valence-electron chi connectivity index (χ4n) is 3.45. The van der Waals surface area contributed by atoms with Crippen LogP contribution in [0.3, 0.4) is 0 Å². The number of hydrogen-bond donors (Lipinski definition) is 3. The Balaban J connectivity index is 1.71. The molecule has 2 heterocycles. The third kappa shape index (κ3) is 3.46. The summed E-state index contributed by atoms with van der Waals surface area (Å²) < 4.78 is 29.1. The summed E-state index contributed by atoms with van der Waals surface area (Å²) in [7, 11) is -3.87. The lowest BCUT2D eigenvalue weighted by molar-refractivity contribution is 0.0880. The third-order valence-corrected chi connectivity index (χ3v) is 6.37. The molecule has 2 aromatic carbocycles. The van der Waals surface area contributed by atoms with Crippen molar-refractivity contribution >= 4 is 33.3 Å². The first-order valence-electron chi connectivity index (χ1n) is 9.20. The van der Waals surface area contributed by atoms with Gasteiger partial charge in [0, 0.05) is 6.07 Å². The van der Waals surface area contributed by atoms with Crippen LogP contribution >= 0.6 is 0 Å². The normalized spacial score (nSPS) is 13.1. The fraction of sp³-hybridized carbons (Fsp3) is 0.0952. The Kier molecular flexibility index (Phi) is 4.66. The van der Waals surface area contributed by atoms with Gasteiger partial charge in [0.05, 0.1) is 27.4 Å². The van der Waals surface area contributed by atoms with Gasteiger partial charge in [-0.15, -0.1) is 0 Å². The minimum atomic E-state index is -3.87. The number of aryl methyl sites for hydroxylation is 2. The Labute approximate surface area is 177 Å². The zero-order valence-corrected chi connectivity index (χ0v) is 17.4. The highest BCUT2D eigenvalue weighted by atomic mass is 32.2. The van der Waals surface area contributed by atoms with Gasteiger partial charge in [0.15, 0.2) is 0 Å². The van der Waals surface area contributed by atoms with Gasteiger partial charge in [-0.25, -0.2) is 8.42 Å². The molecule has 1 aliphatic rings. The molecule has 31 heavy (non-hydrogen) atoms. The van der Waals surface area contributed by atoms with E-state index in [2.05, 4.69) is 10.0 Å². The molecule has 0 saturated carbocycles. The molecule has 0 bridgehead atoms. The van der Waals surface area contributed by atoms with Crippen molar-refractivity contribution in [1.82, 2.24) is 9.88 Å². The number of rotatable bonds is 4. The van der Waals surface area contributed by atoms with Gasteiger partial charge in [-0.05, 0) is 49.7 Å². The summed E-state index contributed by atoms with van der Waals surface area (Å²) in [4.78, 5) is 36.2. The van der Waals surface area contributed by atoms with Crippen molar-refractivity contribution in [2.45, 2.75) is 18.7 Å². The van der Waals surface area contributed by atoms with Crippen LogP contribution in [0.25, 0.3) is 5.69 Å². The Morgan fingerprint density at radius 3 is 2.26 bits per heavy atom. The predicted octanol–water partition coefficient (Wildman–Crippen LogP) is 1.72. The van der Waals surface area contributed by atoms with E-state index in [1.165, 1.54) is 24.3 Å². The number of anilines is 2. The number of nitrogens with zero attached hydrogens (tertiary/aromatic N) is 1. The molecule has 4 N–H and O–H groups in total. The van der Waals surface area contributed by atoms with E-state index in [9.17, 15) is 22.8 Å². The van der Waals surface area contributed by atoms with Crippen LogP contribution in [-0.4, -0.2) is 24.8 Å². The van der Waals surface area contributed by atoms with Crippen LogP contribution in [0.4, 0.5) is 11.5 Å². The Bertz CT molecular complexity index is 1420. The van der Waals surface area contributed by atoms with Crippen LogP contribution in [-0.2, 0) is 10.0 Å². The van der Waals surface area contributed by atoms with Gasteiger partial charge in [-0.2, -0.15) is 0 Å². The highest BCUT2D eigenvalue weighted by Gasteiger charge is 2.31. The van der Waals surface area contributed by atoms with E-state index in [1.807, 2.05) is 13.0 Å². The number of imide groups is 1. The summed E-state index contributed by atoms with van der Waals surface area (Å²) in [5, 5.41) is 2.09. The number of nitrogen functional groups attached to an aromatic ring is 1. The number of carbonyl (C=O) groups excluding carboxylic acids is 2. The standard InChI is InChI=1S/C21H18N4O5S/c1-11-3-8-16(12(2)9-11)24-31(29,30)14-6-4-13(5-7-14)25-17(26)10-15-18(19(25)22)21(28)23-20(15)27/h3-10,24H,22H2,1-2H3,(H,23,27,28). The smallest absolute Gasteiger partial charge is 0.262 e. The number of amides is 2. The Hall–Kier alpha value is -3.92. The summed E-state index contributed by atoms with van der Waals surface area (Å²) in [6.45, 7) is 3.72. The topological polar surface area (TPSA) is 140 Å². The SMILES string of the molecule is Cc1ccc(NS(=O)(=O)c2ccc(-n3c(N)c4c(cc3=O)C(=O)NC4=O)cc2)c(C)c1. The molecular formula is C21H18N4O5S. The number of benzene rings is 2. The molecule has 4 rings (SSSR count). The molecule has 9 nitrogen and oxygen atoms in total. The lowest BCUT2D eigenvalue weighted by Crippen LogP contribution is -2.24. The predicted molar refractivity (Wildman–Crippen MR) is 115 cm³/mol. The van der Waals surface area contributed by atoms with Gasteiger partial charge in [-0.3, -0.25) is 29.0 Å². The maximum absolute atomic E-state index is 12.8. The van der Waals surface area contributed by atoms with Gasteiger partial charge < -0.3 is 5.73 Å². The minimum absolute atomic E-state index is 0.0167. The molecular weight excluding hydrogens is 420 g/mol. The van der Waals surface area contributed by atoms with Crippen molar-refractivity contribution in [3.8, 4) is 5.69 Å². The first-order valence-corrected chi connectivity index (χ1v) is 10.7. The summed E-state index contributed by atoms with van der Waals surface area (Å²) >= 11 is 0. The quantitative estimate of drug-likeness (QED) is 0.530. The van der Waals surface area contributed by atoms with Crippen LogP contribution in [0.15, 0.2) is 58.2 Å². The lowest BCUT2D eigenvalue weighted by Gasteiger charge is -2.14. The summed E-state index contributed by atoms with van der Waals surface area (Å²) in [5.41, 5.74) is 7.72. The molecule has 158 valence electrons. The number of hydrogen-bond acceptors (Lipinski definition) is 6. The monoisotopic (exact) mass is 438 g/mol. The van der Waals surface area contributed by atoms with Crippen molar-refractivity contribution in [1.29, 1.82) is 0 Å². The van der Waals surface area contributed by atoms with Crippen LogP contribution in [0.2, 0.25) is 0 Å². The zero-order chi connectivity index (χ0) is 22.5. The van der Waals surface area contributed by atoms with Gasteiger partial charge in [-0.1, -0.05) is 17.7 Å². The zero-order valence-electron chi connectivity index (χ0n) is 16.6. The first-order chi connectivity index (χ1) is 14.6. The molecule has 2 amide bonds. The third-order valence-electron chi connectivity index (χ3n) is 4.98. The lowest BCUT2D eigenvalue weighted by atomic mass is 10.1. The summed E-state index contributed by atoms with van der Waals surface area (Å²) in [6.07, 6.45) is 0. The first kappa shape index (κ1) is 20.4. The maximum Gasteiger partial charge on any atom is 0.262 e. The fourth-order valence-corrected chi connectivity index (χ4v) is 4.58. The molecule has 10 heteroatoms. The molecule has 0 unspecified atom stereocenters. The number of fused-ring (bicyclic) bond motifs is 1. The molecule has 0 atom stereocenters. The highest BCUT2D eigenvalue weighted by molar-refractivity contribution is 7.92.